The molecular formula is C9H3F8I. The van der Waals surface area contributed by atoms with Gasteiger partial charge < -0.3 is 0 Å². The predicted octanol–water partition coefficient (Wildman–Crippen LogP) is 4.81. The zero-order valence-electron chi connectivity index (χ0n) is 8.19. The van der Waals surface area contributed by atoms with Crippen LogP contribution in [0.2, 0.25) is 0 Å². The second-order valence-electron chi connectivity index (χ2n) is 3.27. The van der Waals surface area contributed by atoms with E-state index in [4.69, 9.17) is 0 Å². The van der Waals surface area contributed by atoms with Gasteiger partial charge in [-0.1, -0.05) is 22.6 Å². The van der Waals surface area contributed by atoms with Crippen LogP contribution in [0, 0.1) is 29.1 Å². The van der Waals surface area contributed by atoms with Gasteiger partial charge in [0.2, 0.25) is 5.82 Å². The molecule has 9 heteroatoms. The summed E-state index contributed by atoms with van der Waals surface area (Å²) >= 11 is 0.973. The smallest absolute Gasteiger partial charge is 0.203 e. The summed E-state index contributed by atoms with van der Waals surface area (Å²) in [5.74, 6) is -11.4. The lowest BCUT2D eigenvalue weighted by Crippen LogP contribution is -2.15. The highest BCUT2D eigenvalue weighted by atomic mass is 127. The van der Waals surface area contributed by atoms with E-state index in [1.165, 1.54) is 0 Å². The molecule has 0 bridgehead atoms. The molecule has 0 aliphatic carbocycles. The van der Waals surface area contributed by atoms with Crippen LogP contribution in [0.3, 0.4) is 0 Å². The molecule has 0 radical (unpaired) electrons. The van der Waals surface area contributed by atoms with E-state index in [1.54, 1.807) is 0 Å². The van der Waals surface area contributed by atoms with Crippen molar-refractivity contribution in [3.8, 4) is 0 Å². The van der Waals surface area contributed by atoms with Crippen molar-refractivity contribution in [2.24, 2.45) is 0 Å². The first-order chi connectivity index (χ1) is 8.06. The first-order valence-electron chi connectivity index (χ1n) is 4.28. The Balaban J connectivity index is 3.33. The Morgan fingerprint density at radius 3 is 1.44 bits per heavy atom. The van der Waals surface area contributed by atoms with Crippen molar-refractivity contribution >= 4 is 22.6 Å². The van der Waals surface area contributed by atoms with E-state index in [-0.39, 0.29) is 0 Å². The average Bonchev–Trinajstić information content (AvgIpc) is 2.21. The van der Waals surface area contributed by atoms with E-state index in [1.807, 2.05) is 0 Å². The molecule has 18 heavy (non-hydrogen) atoms. The topological polar surface area (TPSA) is 0 Å². The van der Waals surface area contributed by atoms with Gasteiger partial charge in [0, 0.05) is 5.56 Å². The molecule has 1 atom stereocenters. The molecule has 0 heterocycles. The molecule has 1 unspecified atom stereocenters. The molecule has 0 amide bonds. The highest BCUT2D eigenvalue weighted by Crippen LogP contribution is 2.39. The van der Waals surface area contributed by atoms with E-state index in [0.717, 1.165) is 22.6 Å². The van der Waals surface area contributed by atoms with Gasteiger partial charge in [-0.2, -0.15) is 13.2 Å². The summed E-state index contributed by atoms with van der Waals surface area (Å²) in [6.07, 6.45) is -6.49. The fraction of sp³-hybridized carbons (Fsp3) is 0.333. The molecule has 0 aliphatic heterocycles. The summed E-state index contributed by atoms with van der Waals surface area (Å²) in [6, 6.07) is 0. The molecule has 0 nitrogen and oxygen atoms in total. The van der Waals surface area contributed by atoms with Crippen molar-refractivity contribution in [2.45, 2.75) is 16.5 Å². The predicted molar refractivity (Wildman–Crippen MR) is 53.7 cm³/mol. The Hall–Kier alpha value is -0.610. The molecule has 0 spiro atoms. The summed E-state index contributed by atoms with van der Waals surface area (Å²) in [5.41, 5.74) is -1.47. The first-order valence-corrected chi connectivity index (χ1v) is 5.53. The quantitative estimate of drug-likeness (QED) is 0.224. The zero-order valence-corrected chi connectivity index (χ0v) is 10.3. The third-order valence-electron chi connectivity index (χ3n) is 1.97. The lowest BCUT2D eigenvalue weighted by Gasteiger charge is -2.15. The van der Waals surface area contributed by atoms with Crippen molar-refractivity contribution in [1.82, 2.24) is 0 Å². The Kier molecular flexibility index (Phi) is 4.44. The third-order valence-corrected chi connectivity index (χ3v) is 3.03. The Bertz CT molecular complexity index is 438. The minimum absolute atomic E-state index is 0.973. The maximum atomic E-state index is 13.1. The maximum absolute atomic E-state index is 13.1. The molecular weight excluding hydrogens is 387 g/mol. The van der Waals surface area contributed by atoms with Crippen LogP contribution in [0.5, 0.6) is 0 Å². The SMILES string of the molecule is Fc1c(F)c(F)c(C(I)CC(F)(F)F)c(F)c1F. The number of rotatable bonds is 2. The molecule has 0 fully saturated rings. The van der Waals surface area contributed by atoms with Crippen molar-refractivity contribution in [2.75, 3.05) is 0 Å². The van der Waals surface area contributed by atoms with Gasteiger partial charge in [0.05, 0.1) is 10.3 Å². The van der Waals surface area contributed by atoms with Crippen molar-refractivity contribution in [1.29, 1.82) is 0 Å². The molecule has 0 N–H and O–H groups in total. The van der Waals surface area contributed by atoms with Crippen LogP contribution < -0.4 is 0 Å². The van der Waals surface area contributed by atoms with Gasteiger partial charge in [-0.15, -0.1) is 0 Å². The van der Waals surface area contributed by atoms with Gasteiger partial charge in [0.1, 0.15) is 0 Å². The summed E-state index contributed by atoms with van der Waals surface area (Å²) in [7, 11) is 0. The Morgan fingerprint density at radius 1 is 0.778 bits per heavy atom. The monoisotopic (exact) mass is 390 g/mol. The van der Waals surface area contributed by atoms with Crippen LogP contribution in [0.15, 0.2) is 0 Å². The van der Waals surface area contributed by atoms with E-state index >= 15 is 0 Å². The number of hydrogen-bond acceptors (Lipinski definition) is 0. The Labute approximate surface area is 109 Å². The molecule has 102 valence electrons. The Morgan fingerprint density at radius 2 is 1.11 bits per heavy atom. The number of alkyl halides is 4. The zero-order chi connectivity index (χ0) is 14.2. The van der Waals surface area contributed by atoms with Crippen LogP contribution >= 0.6 is 22.6 Å². The third kappa shape index (κ3) is 3.04. The molecule has 0 aliphatic rings. The van der Waals surface area contributed by atoms with E-state index in [9.17, 15) is 35.1 Å². The van der Waals surface area contributed by atoms with Crippen LogP contribution in [-0.4, -0.2) is 6.18 Å². The number of hydrogen-bond donors (Lipinski definition) is 0. The number of halogens is 9. The summed E-state index contributed by atoms with van der Waals surface area (Å²) in [5, 5.41) is 0. The lowest BCUT2D eigenvalue weighted by molar-refractivity contribution is -0.133. The van der Waals surface area contributed by atoms with Gasteiger partial charge in [0.15, 0.2) is 23.3 Å². The molecule has 0 saturated carbocycles. The summed E-state index contributed by atoms with van der Waals surface area (Å²) in [4.78, 5) is 0. The highest BCUT2D eigenvalue weighted by molar-refractivity contribution is 14.1. The van der Waals surface area contributed by atoms with Gasteiger partial charge in [-0.3, -0.25) is 0 Å². The highest BCUT2D eigenvalue weighted by Gasteiger charge is 2.36. The largest absolute Gasteiger partial charge is 0.390 e. The van der Waals surface area contributed by atoms with E-state index in [0.29, 0.717) is 0 Å². The summed E-state index contributed by atoms with van der Waals surface area (Å²) < 4.78 is 98.6. The van der Waals surface area contributed by atoms with Gasteiger partial charge in [0.25, 0.3) is 0 Å². The second kappa shape index (κ2) is 5.17. The molecule has 0 aromatic heterocycles. The fourth-order valence-corrected chi connectivity index (χ4v) is 2.25. The maximum Gasteiger partial charge on any atom is 0.390 e. The van der Waals surface area contributed by atoms with Gasteiger partial charge in [-0.25, -0.2) is 22.0 Å². The van der Waals surface area contributed by atoms with Crippen molar-refractivity contribution in [3.05, 3.63) is 34.6 Å². The summed E-state index contributed by atoms with van der Waals surface area (Å²) in [6.45, 7) is 0. The fourth-order valence-electron chi connectivity index (χ4n) is 1.20. The molecule has 0 saturated heterocycles. The van der Waals surface area contributed by atoms with Crippen LogP contribution in [0.1, 0.15) is 15.9 Å². The first kappa shape index (κ1) is 15.4. The van der Waals surface area contributed by atoms with Gasteiger partial charge >= 0.3 is 6.18 Å². The van der Waals surface area contributed by atoms with Crippen LogP contribution in [-0.2, 0) is 0 Å². The lowest BCUT2D eigenvalue weighted by atomic mass is 10.1. The number of benzene rings is 1. The van der Waals surface area contributed by atoms with Crippen LogP contribution in [0.25, 0.3) is 0 Å². The second-order valence-corrected chi connectivity index (χ2v) is 4.77. The molecule has 1 rings (SSSR count). The van der Waals surface area contributed by atoms with Crippen LogP contribution in [0.4, 0.5) is 35.1 Å². The standard InChI is InChI=1S/C9H3F8I/c10-4-3(2(18)1-9(15,16)17)5(11)7(13)8(14)6(4)12/h2H,1H2. The van der Waals surface area contributed by atoms with E-state index in [2.05, 4.69) is 0 Å². The minimum Gasteiger partial charge on any atom is -0.203 e. The van der Waals surface area contributed by atoms with Crippen molar-refractivity contribution in [3.63, 3.8) is 0 Å². The van der Waals surface area contributed by atoms with E-state index < -0.39 is 51.2 Å². The molecule has 1 aromatic carbocycles. The minimum atomic E-state index is -4.79. The normalized spacial score (nSPS) is 13.8. The average molecular weight is 390 g/mol. The molecule has 1 aromatic rings. The van der Waals surface area contributed by atoms with Gasteiger partial charge in [-0.05, 0) is 0 Å². The van der Waals surface area contributed by atoms with Crippen molar-refractivity contribution < 1.29 is 35.1 Å².